The number of anilines is 1. The molecule has 1 heterocycles. The number of aryl methyl sites for hydroxylation is 1. The minimum atomic E-state index is 0.747. The molecule has 0 saturated heterocycles. The van der Waals surface area contributed by atoms with Crippen molar-refractivity contribution in [2.24, 2.45) is 5.92 Å². The molecular formula is C9H14N2S. The van der Waals surface area contributed by atoms with E-state index in [1.54, 1.807) is 11.3 Å². The van der Waals surface area contributed by atoms with Gasteiger partial charge in [-0.1, -0.05) is 13.3 Å². The number of aromatic nitrogens is 1. The summed E-state index contributed by atoms with van der Waals surface area (Å²) in [4.78, 5) is 5.75. The highest BCUT2D eigenvalue weighted by Gasteiger charge is 2.20. The van der Waals surface area contributed by atoms with Gasteiger partial charge in [0.25, 0.3) is 0 Å². The molecule has 3 heteroatoms. The third-order valence-corrected chi connectivity index (χ3v) is 3.58. The quantitative estimate of drug-likeness (QED) is 0.723. The van der Waals surface area contributed by atoms with E-state index in [0.717, 1.165) is 17.5 Å². The van der Waals surface area contributed by atoms with Crippen LogP contribution in [0.4, 0.5) is 5.13 Å². The van der Waals surface area contributed by atoms with Gasteiger partial charge in [-0.2, -0.15) is 0 Å². The lowest BCUT2D eigenvalue weighted by atomic mass is 9.89. The molecule has 0 aliphatic heterocycles. The number of nitrogens with two attached hydrogens (primary N) is 1. The summed E-state index contributed by atoms with van der Waals surface area (Å²) in [6.45, 7) is 2.26. The van der Waals surface area contributed by atoms with Gasteiger partial charge in [0, 0.05) is 4.88 Å². The number of hydrogen-bond donors (Lipinski definition) is 1. The predicted octanol–water partition coefficient (Wildman–Crippen LogP) is 2.24. The van der Waals surface area contributed by atoms with Crippen molar-refractivity contribution in [3.63, 3.8) is 0 Å². The molecule has 2 nitrogen and oxygen atoms in total. The second-order valence-electron chi connectivity index (χ2n) is 3.44. The van der Waals surface area contributed by atoms with Crippen molar-refractivity contribution in [3.05, 3.63) is 10.6 Å². The average molecular weight is 182 g/mol. The summed E-state index contributed by atoms with van der Waals surface area (Å²) in [6, 6.07) is 0. The Balaban J connectivity index is 2.22. The molecular weight excluding hydrogens is 168 g/mol. The minimum absolute atomic E-state index is 0.747. The smallest absolute Gasteiger partial charge is 0.180 e. The Morgan fingerprint density at radius 2 is 2.50 bits per heavy atom. The van der Waals surface area contributed by atoms with E-state index >= 15 is 0 Å². The highest BCUT2D eigenvalue weighted by Crippen LogP contribution is 2.31. The van der Waals surface area contributed by atoms with Crippen LogP contribution in [0.5, 0.6) is 0 Å². The van der Waals surface area contributed by atoms with E-state index in [4.69, 9.17) is 5.73 Å². The summed E-state index contributed by atoms with van der Waals surface area (Å²) in [5.41, 5.74) is 6.92. The summed E-state index contributed by atoms with van der Waals surface area (Å²) in [7, 11) is 0. The largest absolute Gasteiger partial charge is 0.375 e. The van der Waals surface area contributed by atoms with Crippen LogP contribution in [0, 0.1) is 5.92 Å². The minimum Gasteiger partial charge on any atom is -0.375 e. The van der Waals surface area contributed by atoms with Gasteiger partial charge in [0.15, 0.2) is 5.13 Å². The van der Waals surface area contributed by atoms with E-state index in [1.165, 1.54) is 29.8 Å². The van der Waals surface area contributed by atoms with E-state index in [2.05, 4.69) is 11.9 Å². The summed E-state index contributed by atoms with van der Waals surface area (Å²) in [6.07, 6.45) is 4.94. The second kappa shape index (κ2) is 3.05. The van der Waals surface area contributed by atoms with Gasteiger partial charge in [-0.15, -0.1) is 11.3 Å². The zero-order valence-corrected chi connectivity index (χ0v) is 8.16. The molecule has 0 bridgehead atoms. The molecule has 12 heavy (non-hydrogen) atoms. The van der Waals surface area contributed by atoms with E-state index in [-0.39, 0.29) is 0 Å². The van der Waals surface area contributed by atoms with Crippen molar-refractivity contribution in [3.8, 4) is 0 Å². The van der Waals surface area contributed by atoms with Gasteiger partial charge in [-0.05, 0) is 25.2 Å². The Bertz CT molecular complexity index is 280. The van der Waals surface area contributed by atoms with E-state index in [9.17, 15) is 0 Å². The lowest BCUT2D eigenvalue weighted by molar-refractivity contribution is 0.446. The summed E-state index contributed by atoms with van der Waals surface area (Å²) in [5.74, 6) is 0.873. The Morgan fingerprint density at radius 1 is 1.67 bits per heavy atom. The van der Waals surface area contributed by atoms with Crippen LogP contribution in [0.2, 0.25) is 0 Å². The van der Waals surface area contributed by atoms with E-state index < -0.39 is 0 Å². The van der Waals surface area contributed by atoms with Gasteiger partial charge in [0.05, 0.1) is 5.69 Å². The molecule has 0 spiro atoms. The Kier molecular flexibility index (Phi) is 2.05. The Labute approximate surface area is 76.8 Å². The number of hydrogen-bond acceptors (Lipinski definition) is 3. The molecule has 0 radical (unpaired) electrons. The van der Waals surface area contributed by atoms with Crippen molar-refractivity contribution in [2.45, 2.75) is 32.6 Å². The first-order valence-corrected chi connectivity index (χ1v) is 5.35. The number of fused-ring (bicyclic) bond motifs is 1. The molecule has 66 valence electrons. The van der Waals surface area contributed by atoms with Gasteiger partial charge < -0.3 is 5.73 Å². The highest BCUT2D eigenvalue weighted by molar-refractivity contribution is 7.15. The van der Waals surface area contributed by atoms with Gasteiger partial charge in [-0.25, -0.2) is 4.98 Å². The van der Waals surface area contributed by atoms with Gasteiger partial charge in [0.2, 0.25) is 0 Å². The van der Waals surface area contributed by atoms with Crippen molar-refractivity contribution in [1.82, 2.24) is 4.98 Å². The molecule has 0 saturated carbocycles. The number of thiazole rings is 1. The molecule has 0 amide bonds. The van der Waals surface area contributed by atoms with Crippen LogP contribution in [0.25, 0.3) is 0 Å². The molecule has 1 atom stereocenters. The first kappa shape index (κ1) is 8.05. The zero-order chi connectivity index (χ0) is 8.55. The number of nitrogens with zero attached hydrogens (tertiary/aromatic N) is 1. The van der Waals surface area contributed by atoms with Crippen LogP contribution in [-0.2, 0) is 12.8 Å². The fourth-order valence-corrected chi connectivity index (χ4v) is 2.80. The average Bonchev–Trinajstić information content (AvgIpc) is 2.43. The maximum atomic E-state index is 5.65. The van der Waals surface area contributed by atoms with Crippen LogP contribution in [0.15, 0.2) is 0 Å². The van der Waals surface area contributed by atoms with Gasteiger partial charge in [0.1, 0.15) is 0 Å². The molecule has 1 aliphatic carbocycles. The van der Waals surface area contributed by atoms with Crippen LogP contribution < -0.4 is 5.73 Å². The first-order valence-electron chi connectivity index (χ1n) is 4.53. The molecule has 2 rings (SSSR count). The Morgan fingerprint density at radius 3 is 3.25 bits per heavy atom. The Hall–Kier alpha value is -0.570. The molecule has 1 unspecified atom stereocenters. The monoisotopic (exact) mass is 182 g/mol. The second-order valence-corrected chi connectivity index (χ2v) is 4.55. The fourth-order valence-electron chi connectivity index (χ4n) is 1.81. The van der Waals surface area contributed by atoms with Crippen LogP contribution >= 0.6 is 11.3 Å². The third-order valence-electron chi connectivity index (χ3n) is 2.64. The fraction of sp³-hybridized carbons (Fsp3) is 0.667. The van der Waals surface area contributed by atoms with Crippen LogP contribution in [0.3, 0.4) is 0 Å². The van der Waals surface area contributed by atoms with Crippen LogP contribution in [-0.4, -0.2) is 4.98 Å². The molecule has 1 aromatic rings. The number of rotatable bonds is 1. The maximum absolute atomic E-state index is 5.65. The summed E-state index contributed by atoms with van der Waals surface area (Å²) in [5, 5.41) is 0.747. The zero-order valence-electron chi connectivity index (χ0n) is 7.34. The SMILES string of the molecule is CCC1CCc2nc(N)sc2C1. The third kappa shape index (κ3) is 1.33. The highest BCUT2D eigenvalue weighted by atomic mass is 32.1. The lowest BCUT2D eigenvalue weighted by Gasteiger charge is -2.18. The maximum Gasteiger partial charge on any atom is 0.180 e. The lowest BCUT2D eigenvalue weighted by Crippen LogP contribution is -2.11. The topological polar surface area (TPSA) is 38.9 Å². The summed E-state index contributed by atoms with van der Waals surface area (Å²) >= 11 is 1.68. The molecule has 2 N–H and O–H groups in total. The molecule has 1 aliphatic rings. The van der Waals surface area contributed by atoms with Crippen LogP contribution in [0.1, 0.15) is 30.3 Å². The van der Waals surface area contributed by atoms with Crippen molar-refractivity contribution < 1.29 is 0 Å². The first-order chi connectivity index (χ1) is 5.79. The summed E-state index contributed by atoms with van der Waals surface area (Å²) < 4.78 is 0. The molecule has 1 aromatic heterocycles. The van der Waals surface area contributed by atoms with Gasteiger partial charge >= 0.3 is 0 Å². The molecule has 0 aromatic carbocycles. The van der Waals surface area contributed by atoms with Gasteiger partial charge in [-0.3, -0.25) is 0 Å². The van der Waals surface area contributed by atoms with Crippen molar-refractivity contribution >= 4 is 16.5 Å². The van der Waals surface area contributed by atoms with E-state index in [0.29, 0.717) is 0 Å². The molecule has 0 fully saturated rings. The predicted molar refractivity (Wildman–Crippen MR) is 52.3 cm³/mol. The standard InChI is InChI=1S/C9H14N2S/c1-2-6-3-4-7-8(5-6)12-9(10)11-7/h6H,2-5H2,1H3,(H2,10,11). The van der Waals surface area contributed by atoms with Crippen molar-refractivity contribution in [1.29, 1.82) is 0 Å². The normalized spacial score (nSPS) is 22.2. The van der Waals surface area contributed by atoms with E-state index in [1.807, 2.05) is 0 Å². The van der Waals surface area contributed by atoms with Crippen molar-refractivity contribution in [2.75, 3.05) is 5.73 Å². The number of nitrogen functional groups attached to an aromatic ring is 1.